The first-order valence-corrected chi connectivity index (χ1v) is 3.45. The molecule has 3 nitrogen and oxygen atoms in total. The zero-order valence-corrected chi connectivity index (χ0v) is 6.92. The molecule has 0 spiro atoms. The van der Waals surface area contributed by atoms with Gasteiger partial charge in [0.05, 0.1) is 11.7 Å². The molecule has 0 heterocycles. The number of hydrogen-bond acceptors (Lipinski definition) is 3. The van der Waals surface area contributed by atoms with Gasteiger partial charge in [0.2, 0.25) is 0 Å². The lowest BCUT2D eigenvalue weighted by Gasteiger charge is -2.24. The third-order valence-electron chi connectivity index (χ3n) is 1.55. The fourth-order valence-electron chi connectivity index (χ4n) is 0.734. The van der Waals surface area contributed by atoms with E-state index in [2.05, 4.69) is 0 Å². The lowest BCUT2D eigenvalue weighted by atomic mass is 10.0. The molecule has 0 bridgehead atoms. The van der Waals surface area contributed by atoms with Crippen LogP contribution >= 0.6 is 0 Å². The molecule has 1 atom stereocenters. The van der Waals surface area contributed by atoms with Gasteiger partial charge in [-0.25, -0.2) is 0 Å². The quantitative estimate of drug-likeness (QED) is 0.594. The van der Waals surface area contributed by atoms with Gasteiger partial charge in [0.25, 0.3) is 0 Å². The molecular formula is C7H17NO2. The predicted octanol–water partition coefficient (Wildman–Crippen LogP) is 0.121. The number of aliphatic hydroxyl groups excluding tert-OH is 1. The molecule has 0 aliphatic carbocycles. The maximum Gasteiger partial charge on any atom is 0.0689 e. The molecule has 3 heteroatoms. The van der Waals surface area contributed by atoms with Crippen molar-refractivity contribution in [3.05, 3.63) is 0 Å². The summed E-state index contributed by atoms with van der Waals surface area (Å²) in [6.45, 7) is 4.14. The molecule has 0 rings (SSSR count). The molecular weight excluding hydrogens is 130 g/mol. The van der Waals surface area contributed by atoms with Crippen molar-refractivity contribution >= 4 is 0 Å². The molecule has 0 aromatic rings. The van der Waals surface area contributed by atoms with Crippen molar-refractivity contribution < 1.29 is 9.84 Å². The average molecular weight is 147 g/mol. The van der Waals surface area contributed by atoms with E-state index in [-0.39, 0.29) is 5.60 Å². The molecule has 3 N–H and O–H groups in total. The van der Waals surface area contributed by atoms with Gasteiger partial charge in [0.15, 0.2) is 0 Å². The number of nitrogens with two attached hydrogens (primary N) is 1. The Balaban J connectivity index is 3.64. The van der Waals surface area contributed by atoms with Crippen molar-refractivity contribution in [1.82, 2.24) is 0 Å². The summed E-state index contributed by atoms with van der Waals surface area (Å²) >= 11 is 0. The molecule has 1 unspecified atom stereocenters. The van der Waals surface area contributed by atoms with Crippen molar-refractivity contribution in [2.75, 3.05) is 13.7 Å². The van der Waals surface area contributed by atoms with Crippen LogP contribution in [-0.2, 0) is 4.74 Å². The topological polar surface area (TPSA) is 55.5 Å². The molecule has 0 saturated heterocycles. The van der Waals surface area contributed by atoms with Gasteiger partial charge in [0.1, 0.15) is 0 Å². The molecule has 0 fully saturated rings. The highest BCUT2D eigenvalue weighted by atomic mass is 16.5. The van der Waals surface area contributed by atoms with Gasteiger partial charge >= 0.3 is 0 Å². The highest BCUT2D eigenvalue weighted by molar-refractivity contribution is 4.73. The van der Waals surface area contributed by atoms with Crippen LogP contribution in [-0.4, -0.2) is 30.5 Å². The summed E-state index contributed by atoms with van der Waals surface area (Å²) in [7, 11) is 1.63. The van der Waals surface area contributed by atoms with Crippen LogP contribution in [0, 0.1) is 0 Å². The van der Waals surface area contributed by atoms with Crippen molar-refractivity contribution in [2.45, 2.75) is 32.0 Å². The maximum atomic E-state index is 9.12. The number of rotatable bonds is 4. The van der Waals surface area contributed by atoms with Gasteiger partial charge in [-0.05, 0) is 13.8 Å². The first kappa shape index (κ1) is 9.88. The maximum absolute atomic E-state index is 9.12. The van der Waals surface area contributed by atoms with Crippen LogP contribution in [0.15, 0.2) is 0 Å². The minimum Gasteiger partial charge on any atom is -0.392 e. The third-order valence-corrected chi connectivity index (χ3v) is 1.55. The second kappa shape index (κ2) is 3.91. The number of hydrogen-bond donors (Lipinski definition) is 2. The Morgan fingerprint density at radius 2 is 2.10 bits per heavy atom. The Morgan fingerprint density at radius 3 is 2.40 bits per heavy atom. The number of methoxy groups -OCH3 is 1. The van der Waals surface area contributed by atoms with E-state index in [9.17, 15) is 0 Å². The number of aliphatic hydroxyl groups is 1. The van der Waals surface area contributed by atoms with Crippen LogP contribution in [0.25, 0.3) is 0 Å². The highest BCUT2D eigenvalue weighted by Gasteiger charge is 2.19. The summed E-state index contributed by atoms with van der Waals surface area (Å²) in [4.78, 5) is 0. The first-order chi connectivity index (χ1) is 4.52. The summed E-state index contributed by atoms with van der Waals surface area (Å²) in [5.41, 5.74) is 4.96. The van der Waals surface area contributed by atoms with Crippen LogP contribution < -0.4 is 5.73 Å². The van der Waals surface area contributed by atoms with Gasteiger partial charge in [0, 0.05) is 20.1 Å². The van der Waals surface area contributed by atoms with Gasteiger partial charge in [-0.1, -0.05) is 0 Å². The van der Waals surface area contributed by atoms with Gasteiger partial charge in [-0.3, -0.25) is 0 Å². The minimum absolute atomic E-state index is 0.265. The van der Waals surface area contributed by atoms with Crippen molar-refractivity contribution in [3.8, 4) is 0 Å². The molecule has 0 aliphatic rings. The molecule has 0 aromatic carbocycles. The molecule has 0 aliphatic heterocycles. The summed E-state index contributed by atoms with van der Waals surface area (Å²) in [6.07, 6.45) is 0.134. The largest absolute Gasteiger partial charge is 0.392 e. The predicted molar refractivity (Wildman–Crippen MR) is 40.8 cm³/mol. The van der Waals surface area contributed by atoms with Gasteiger partial charge < -0.3 is 15.6 Å². The second-order valence-corrected chi connectivity index (χ2v) is 3.06. The van der Waals surface area contributed by atoms with E-state index in [0.29, 0.717) is 13.0 Å². The summed E-state index contributed by atoms with van der Waals surface area (Å²) in [5.74, 6) is 0. The lowest BCUT2D eigenvalue weighted by Crippen LogP contribution is -2.32. The Labute approximate surface area is 62.2 Å². The number of ether oxygens (including phenoxy) is 1. The van der Waals surface area contributed by atoms with Gasteiger partial charge in [-0.2, -0.15) is 0 Å². The Kier molecular flexibility index (Phi) is 3.86. The van der Waals surface area contributed by atoms with E-state index < -0.39 is 6.10 Å². The van der Waals surface area contributed by atoms with Crippen LogP contribution in [0.3, 0.4) is 0 Å². The standard InChI is InChI=1S/C7H17NO2/c1-7(2,10-3)4-6(9)5-8/h6,9H,4-5,8H2,1-3H3. The monoisotopic (exact) mass is 147 g/mol. The molecule has 0 saturated carbocycles. The first-order valence-electron chi connectivity index (χ1n) is 3.45. The van der Waals surface area contributed by atoms with Crippen LogP contribution in [0.4, 0.5) is 0 Å². The van der Waals surface area contributed by atoms with Crippen molar-refractivity contribution in [1.29, 1.82) is 0 Å². The van der Waals surface area contributed by atoms with E-state index in [4.69, 9.17) is 15.6 Å². The van der Waals surface area contributed by atoms with Crippen LogP contribution in [0.5, 0.6) is 0 Å². The summed E-state index contributed by atoms with van der Waals surface area (Å²) in [6, 6.07) is 0. The molecule has 0 amide bonds. The zero-order valence-electron chi connectivity index (χ0n) is 6.92. The Hall–Kier alpha value is -0.120. The smallest absolute Gasteiger partial charge is 0.0689 e. The highest BCUT2D eigenvalue weighted by Crippen LogP contribution is 2.14. The summed E-state index contributed by atoms with van der Waals surface area (Å²) in [5, 5.41) is 9.12. The van der Waals surface area contributed by atoms with E-state index in [1.807, 2.05) is 13.8 Å². The lowest BCUT2D eigenvalue weighted by molar-refractivity contribution is -0.0172. The van der Waals surface area contributed by atoms with Gasteiger partial charge in [-0.15, -0.1) is 0 Å². The Bertz CT molecular complexity index is 93.6. The van der Waals surface area contributed by atoms with E-state index in [1.165, 1.54) is 0 Å². The van der Waals surface area contributed by atoms with E-state index in [1.54, 1.807) is 7.11 Å². The molecule has 10 heavy (non-hydrogen) atoms. The van der Waals surface area contributed by atoms with E-state index >= 15 is 0 Å². The fraction of sp³-hybridized carbons (Fsp3) is 1.00. The average Bonchev–Trinajstić information content (AvgIpc) is 1.87. The van der Waals surface area contributed by atoms with Crippen molar-refractivity contribution in [2.24, 2.45) is 5.73 Å². The Morgan fingerprint density at radius 1 is 1.60 bits per heavy atom. The SMILES string of the molecule is COC(C)(C)CC(O)CN. The second-order valence-electron chi connectivity index (χ2n) is 3.06. The molecule has 0 radical (unpaired) electrons. The van der Waals surface area contributed by atoms with Crippen LogP contribution in [0.1, 0.15) is 20.3 Å². The van der Waals surface area contributed by atoms with Crippen molar-refractivity contribution in [3.63, 3.8) is 0 Å². The normalized spacial score (nSPS) is 15.3. The third kappa shape index (κ3) is 3.82. The minimum atomic E-state index is -0.449. The zero-order chi connectivity index (χ0) is 8.20. The van der Waals surface area contributed by atoms with E-state index in [0.717, 1.165) is 0 Å². The molecule has 62 valence electrons. The summed E-state index contributed by atoms with van der Waals surface area (Å²) < 4.78 is 5.09. The molecule has 0 aromatic heterocycles. The van der Waals surface area contributed by atoms with Crippen LogP contribution in [0.2, 0.25) is 0 Å². The fourth-order valence-corrected chi connectivity index (χ4v) is 0.734.